The van der Waals surface area contributed by atoms with Gasteiger partial charge in [-0.25, -0.2) is 8.42 Å². The van der Waals surface area contributed by atoms with Crippen LogP contribution < -0.4 is 0 Å². The number of likely N-dealkylation sites (tertiary alicyclic amines) is 1. The Bertz CT molecular complexity index is 622. The molecule has 2 atom stereocenters. The predicted octanol–water partition coefficient (Wildman–Crippen LogP) is 1.20. The molecule has 2 aliphatic carbocycles. The van der Waals surface area contributed by atoms with Gasteiger partial charge in [-0.3, -0.25) is 9.59 Å². The Kier molecular flexibility index (Phi) is 3.36. The average Bonchev–Trinajstić information content (AvgIpc) is 3.10. The molecule has 1 amide bonds. The molecule has 0 spiro atoms. The van der Waals surface area contributed by atoms with Gasteiger partial charge in [0.2, 0.25) is 5.91 Å². The largest absolute Gasteiger partial charge is 0.481 e. The number of amides is 1. The molecule has 1 aliphatic heterocycles. The minimum Gasteiger partial charge on any atom is -0.481 e. The molecular formula is C15H23NO5S. The first kappa shape index (κ1) is 15.8. The number of carbonyl (C=O) groups is 2. The standard InChI is InChI=1S/C15H23NO5S/c1-14(2,22(20,21)10-5-6-10)12(17)16-9-8-15(13(18)19)7-3-4-11(15)16/h10-11H,3-9H2,1-2H3,(H,18,19)/t11-,15+/m0/s1. The average molecular weight is 329 g/mol. The van der Waals surface area contributed by atoms with Crippen molar-refractivity contribution in [2.24, 2.45) is 5.41 Å². The zero-order valence-electron chi connectivity index (χ0n) is 13.0. The van der Waals surface area contributed by atoms with E-state index in [0.717, 1.165) is 6.42 Å². The van der Waals surface area contributed by atoms with Crippen LogP contribution in [0.1, 0.15) is 52.4 Å². The van der Waals surface area contributed by atoms with Crippen molar-refractivity contribution in [2.45, 2.75) is 68.4 Å². The highest BCUT2D eigenvalue weighted by Crippen LogP contribution is 2.50. The number of fused-ring (bicyclic) bond motifs is 1. The van der Waals surface area contributed by atoms with Gasteiger partial charge in [-0.2, -0.15) is 0 Å². The lowest BCUT2D eigenvalue weighted by Gasteiger charge is -2.34. The number of aliphatic carboxylic acids is 1. The second-order valence-corrected chi connectivity index (χ2v) is 10.1. The molecule has 124 valence electrons. The van der Waals surface area contributed by atoms with Crippen molar-refractivity contribution in [1.82, 2.24) is 4.90 Å². The third-order valence-corrected chi connectivity index (χ3v) is 8.74. The van der Waals surface area contributed by atoms with Gasteiger partial charge in [-0.05, 0) is 46.0 Å². The molecule has 22 heavy (non-hydrogen) atoms. The second-order valence-electron chi connectivity index (χ2n) is 7.37. The highest BCUT2D eigenvalue weighted by Gasteiger charge is 2.60. The monoisotopic (exact) mass is 329 g/mol. The Hall–Kier alpha value is -1.11. The Labute approximate surface area is 130 Å². The summed E-state index contributed by atoms with van der Waals surface area (Å²) in [5.74, 6) is -1.28. The van der Waals surface area contributed by atoms with E-state index in [9.17, 15) is 23.1 Å². The molecule has 6 nitrogen and oxygen atoms in total. The molecule has 0 bridgehead atoms. The van der Waals surface area contributed by atoms with Crippen LogP contribution in [0.15, 0.2) is 0 Å². The molecule has 0 aromatic rings. The van der Waals surface area contributed by atoms with E-state index >= 15 is 0 Å². The van der Waals surface area contributed by atoms with Crippen molar-refractivity contribution < 1.29 is 23.1 Å². The van der Waals surface area contributed by atoms with Crippen molar-refractivity contribution in [2.75, 3.05) is 6.54 Å². The SMILES string of the molecule is CC(C)(C(=O)N1CC[C@]2(C(=O)O)CCC[C@H]12)S(=O)(=O)C1CC1. The Balaban J connectivity index is 1.89. The number of carbonyl (C=O) groups excluding carboxylic acids is 1. The van der Waals surface area contributed by atoms with E-state index in [-0.39, 0.29) is 6.04 Å². The van der Waals surface area contributed by atoms with E-state index < -0.39 is 37.1 Å². The number of nitrogens with zero attached hydrogens (tertiary/aromatic N) is 1. The summed E-state index contributed by atoms with van der Waals surface area (Å²) in [4.78, 5) is 26.1. The van der Waals surface area contributed by atoms with Crippen LogP contribution >= 0.6 is 0 Å². The summed E-state index contributed by atoms with van der Waals surface area (Å²) in [6, 6.07) is -0.355. The molecule has 0 unspecified atom stereocenters. The first-order valence-electron chi connectivity index (χ1n) is 7.92. The number of carboxylic acid groups (broad SMARTS) is 1. The first-order valence-corrected chi connectivity index (χ1v) is 9.47. The fourth-order valence-corrected chi connectivity index (χ4v) is 6.09. The van der Waals surface area contributed by atoms with Crippen molar-refractivity contribution >= 4 is 21.7 Å². The minimum absolute atomic E-state index is 0.347. The van der Waals surface area contributed by atoms with Gasteiger partial charge in [0.15, 0.2) is 9.84 Å². The van der Waals surface area contributed by atoms with Crippen LogP contribution in [-0.4, -0.2) is 52.9 Å². The van der Waals surface area contributed by atoms with Crippen LogP contribution in [0.3, 0.4) is 0 Å². The van der Waals surface area contributed by atoms with E-state index in [4.69, 9.17) is 0 Å². The Morgan fingerprint density at radius 1 is 1.18 bits per heavy atom. The number of hydrogen-bond acceptors (Lipinski definition) is 4. The first-order chi connectivity index (χ1) is 10.1. The topological polar surface area (TPSA) is 91.8 Å². The summed E-state index contributed by atoms with van der Waals surface area (Å²) in [7, 11) is -3.51. The minimum atomic E-state index is -3.51. The van der Waals surface area contributed by atoms with E-state index in [2.05, 4.69) is 0 Å². The van der Waals surface area contributed by atoms with Crippen molar-refractivity contribution in [1.29, 1.82) is 0 Å². The molecular weight excluding hydrogens is 306 g/mol. The Morgan fingerprint density at radius 3 is 2.36 bits per heavy atom. The predicted molar refractivity (Wildman–Crippen MR) is 80.1 cm³/mol. The molecule has 2 saturated carbocycles. The van der Waals surface area contributed by atoms with Crippen LogP contribution in [0.5, 0.6) is 0 Å². The molecule has 0 aromatic heterocycles. The summed E-state index contributed by atoms with van der Waals surface area (Å²) in [6.45, 7) is 3.29. The summed E-state index contributed by atoms with van der Waals surface area (Å²) in [6.07, 6.45) is 3.68. The fraction of sp³-hybridized carbons (Fsp3) is 0.867. The molecule has 1 heterocycles. The maximum Gasteiger partial charge on any atom is 0.311 e. The van der Waals surface area contributed by atoms with Crippen molar-refractivity contribution in [3.63, 3.8) is 0 Å². The van der Waals surface area contributed by atoms with Crippen LogP contribution in [-0.2, 0) is 19.4 Å². The smallest absolute Gasteiger partial charge is 0.311 e. The third kappa shape index (κ3) is 1.94. The van der Waals surface area contributed by atoms with Crippen molar-refractivity contribution in [3.05, 3.63) is 0 Å². The summed E-state index contributed by atoms with van der Waals surface area (Å²) >= 11 is 0. The molecule has 1 saturated heterocycles. The quantitative estimate of drug-likeness (QED) is 0.836. The molecule has 0 aromatic carbocycles. The summed E-state index contributed by atoms with van der Waals surface area (Å²) in [5.41, 5.74) is -0.866. The van der Waals surface area contributed by atoms with Gasteiger partial charge >= 0.3 is 5.97 Å². The van der Waals surface area contributed by atoms with Gasteiger partial charge < -0.3 is 10.0 Å². The lowest BCUT2D eigenvalue weighted by molar-refractivity contribution is -0.150. The van der Waals surface area contributed by atoms with Crippen LogP contribution in [0.25, 0.3) is 0 Å². The van der Waals surface area contributed by atoms with Crippen LogP contribution in [0.4, 0.5) is 0 Å². The zero-order valence-corrected chi connectivity index (χ0v) is 13.9. The van der Waals surface area contributed by atoms with E-state index in [1.807, 2.05) is 0 Å². The van der Waals surface area contributed by atoms with Gasteiger partial charge in [0, 0.05) is 12.6 Å². The van der Waals surface area contributed by atoms with E-state index in [1.54, 1.807) is 4.90 Å². The lowest BCUT2D eigenvalue weighted by atomic mass is 9.82. The maximum absolute atomic E-state index is 12.9. The zero-order chi connectivity index (χ0) is 16.3. The van der Waals surface area contributed by atoms with Crippen LogP contribution in [0.2, 0.25) is 0 Å². The number of rotatable bonds is 4. The van der Waals surface area contributed by atoms with Crippen LogP contribution in [0, 0.1) is 5.41 Å². The number of carboxylic acids is 1. The summed E-state index contributed by atoms with van der Waals surface area (Å²) in [5, 5.41) is 9.18. The van der Waals surface area contributed by atoms with Gasteiger partial charge in [-0.15, -0.1) is 0 Å². The van der Waals surface area contributed by atoms with Gasteiger partial charge in [0.25, 0.3) is 0 Å². The molecule has 1 N–H and O–H groups in total. The summed E-state index contributed by atoms with van der Waals surface area (Å²) < 4.78 is 23.6. The van der Waals surface area contributed by atoms with Gasteiger partial charge in [0.1, 0.15) is 4.75 Å². The van der Waals surface area contributed by atoms with Gasteiger partial charge in [-0.1, -0.05) is 6.42 Å². The number of hydrogen-bond donors (Lipinski definition) is 1. The normalized spacial score (nSPS) is 32.1. The second kappa shape index (κ2) is 4.69. The molecule has 7 heteroatoms. The number of sulfone groups is 1. The van der Waals surface area contributed by atoms with E-state index in [0.29, 0.717) is 38.6 Å². The molecule has 3 rings (SSSR count). The highest BCUT2D eigenvalue weighted by atomic mass is 32.2. The Morgan fingerprint density at radius 2 is 1.82 bits per heavy atom. The fourth-order valence-electron chi connectivity index (χ4n) is 4.14. The molecule has 3 aliphatic rings. The third-order valence-electron chi connectivity index (χ3n) is 5.79. The highest BCUT2D eigenvalue weighted by molar-refractivity contribution is 7.94. The molecule has 0 radical (unpaired) electrons. The maximum atomic E-state index is 12.9. The van der Waals surface area contributed by atoms with Crippen molar-refractivity contribution in [3.8, 4) is 0 Å². The molecule has 3 fully saturated rings. The van der Waals surface area contributed by atoms with Gasteiger partial charge in [0.05, 0.1) is 10.7 Å². The van der Waals surface area contributed by atoms with E-state index in [1.165, 1.54) is 13.8 Å². The lowest BCUT2D eigenvalue weighted by Crippen LogP contribution is -2.54.